The van der Waals surface area contributed by atoms with Crippen molar-refractivity contribution in [2.75, 3.05) is 6.61 Å². The van der Waals surface area contributed by atoms with Gasteiger partial charge >= 0.3 is 0 Å². The van der Waals surface area contributed by atoms with E-state index in [1.165, 1.54) is 11.1 Å². The summed E-state index contributed by atoms with van der Waals surface area (Å²) in [5, 5.41) is 9.85. The largest absolute Gasteiger partial charge is 0.393 e. The number of hydrogen-bond acceptors (Lipinski definition) is 2. The van der Waals surface area contributed by atoms with Gasteiger partial charge in [-0.2, -0.15) is 0 Å². The van der Waals surface area contributed by atoms with Crippen LogP contribution in [0.3, 0.4) is 0 Å². The van der Waals surface area contributed by atoms with E-state index < -0.39 is 0 Å². The molecule has 1 fully saturated rings. The van der Waals surface area contributed by atoms with Crippen LogP contribution in [-0.2, 0) is 11.2 Å². The zero-order valence-corrected chi connectivity index (χ0v) is 11.0. The van der Waals surface area contributed by atoms with E-state index in [0.29, 0.717) is 11.8 Å². The number of ether oxygens (including phenoxy) is 1. The molecular weight excluding hydrogens is 224 g/mol. The van der Waals surface area contributed by atoms with Gasteiger partial charge in [-0.15, -0.1) is 0 Å². The van der Waals surface area contributed by atoms with Crippen LogP contribution in [0.1, 0.15) is 43.4 Å². The van der Waals surface area contributed by atoms with Gasteiger partial charge in [-0.1, -0.05) is 31.2 Å². The molecular formula is C16H22O2. The summed E-state index contributed by atoms with van der Waals surface area (Å²) in [6.45, 7) is 3.02. The SMILES string of the molecule is CC1C(O)CCC1CC1OCCc2ccccc21. The number of fused-ring (bicyclic) bond motifs is 1. The Morgan fingerprint density at radius 2 is 2.11 bits per heavy atom. The first-order valence-corrected chi connectivity index (χ1v) is 7.13. The van der Waals surface area contributed by atoms with E-state index in [0.717, 1.165) is 32.3 Å². The molecule has 0 spiro atoms. The van der Waals surface area contributed by atoms with Gasteiger partial charge in [-0.05, 0) is 48.6 Å². The fraction of sp³-hybridized carbons (Fsp3) is 0.625. The average molecular weight is 246 g/mol. The van der Waals surface area contributed by atoms with Crippen molar-refractivity contribution in [2.45, 2.75) is 44.8 Å². The van der Waals surface area contributed by atoms with Crippen LogP contribution in [0.2, 0.25) is 0 Å². The van der Waals surface area contributed by atoms with Crippen molar-refractivity contribution in [3.8, 4) is 0 Å². The molecule has 0 amide bonds. The molecule has 1 heterocycles. The third kappa shape index (κ3) is 2.19. The van der Waals surface area contributed by atoms with Crippen LogP contribution in [0.5, 0.6) is 0 Å². The van der Waals surface area contributed by atoms with Gasteiger partial charge in [0.25, 0.3) is 0 Å². The van der Waals surface area contributed by atoms with Gasteiger partial charge in [0.1, 0.15) is 0 Å². The van der Waals surface area contributed by atoms with Crippen molar-refractivity contribution >= 4 is 0 Å². The number of hydrogen-bond donors (Lipinski definition) is 1. The van der Waals surface area contributed by atoms with E-state index in [2.05, 4.69) is 31.2 Å². The normalized spacial score (nSPS) is 35.4. The summed E-state index contributed by atoms with van der Waals surface area (Å²) in [5.41, 5.74) is 2.82. The molecule has 18 heavy (non-hydrogen) atoms. The smallest absolute Gasteiger partial charge is 0.0830 e. The Labute approximate surface area is 109 Å². The highest BCUT2D eigenvalue weighted by Gasteiger charge is 2.34. The Kier molecular flexibility index (Phi) is 3.40. The Bertz CT molecular complexity index is 415. The molecule has 1 aliphatic heterocycles. The van der Waals surface area contributed by atoms with Crippen LogP contribution >= 0.6 is 0 Å². The van der Waals surface area contributed by atoms with Crippen molar-refractivity contribution < 1.29 is 9.84 Å². The van der Waals surface area contributed by atoms with Crippen LogP contribution in [0.15, 0.2) is 24.3 Å². The summed E-state index contributed by atoms with van der Waals surface area (Å²) in [5.74, 6) is 1.03. The highest BCUT2D eigenvalue weighted by atomic mass is 16.5. The lowest BCUT2D eigenvalue weighted by molar-refractivity contribution is 0.0174. The molecule has 2 aliphatic rings. The molecule has 1 N–H and O–H groups in total. The van der Waals surface area contributed by atoms with Crippen molar-refractivity contribution in [3.63, 3.8) is 0 Å². The molecule has 98 valence electrons. The summed E-state index contributed by atoms with van der Waals surface area (Å²) in [6, 6.07) is 8.64. The third-order valence-electron chi connectivity index (χ3n) is 4.79. The minimum Gasteiger partial charge on any atom is -0.393 e. The Balaban J connectivity index is 1.75. The first-order chi connectivity index (χ1) is 8.75. The maximum atomic E-state index is 9.85. The van der Waals surface area contributed by atoms with E-state index in [-0.39, 0.29) is 12.2 Å². The summed E-state index contributed by atoms with van der Waals surface area (Å²) < 4.78 is 5.97. The van der Waals surface area contributed by atoms with E-state index in [9.17, 15) is 5.11 Å². The zero-order valence-electron chi connectivity index (χ0n) is 11.0. The minimum absolute atomic E-state index is 0.103. The maximum absolute atomic E-state index is 9.85. The van der Waals surface area contributed by atoms with Crippen molar-refractivity contribution in [1.29, 1.82) is 0 Å². The van der Waals surface area contributed by atoms with E-state index >= 15 is 0 Å². The Hall–Kier alpha value is -0.860. The maximum Gasteiger partial charge on any atom is 0.0830 e. The Morgan fingerprint density at radius 3 is 2.89 bits per heavy atom. The lowest BCUT2D eigenvalue weighted by Gasteiger charge is -2.29. The molecule has 4 atom stereocenters. The average Bonchev–Trinajstić information content (AvgIpc) is 2.71. The second-order valence-electron chi connectivity index (χ2n) is 5.81. The second-order valence-corrected chi connectivity index (χ2v) is 5.81. The van der Waals surface area contributed by atoms with Gasteiger partial charge in [-0.3, -0.25) is 0 Å². The predicted molar refractivity (Wildman–Crippen MR) is 71.4 cm³/mol. The summed E-state index contributed by atoms with van der Waals surface area (Å²) in [6.07, 6.45) is 4.34. The monoisotopic (exact) mass is 246 g/mol. The van der Waals surface area contributed by atoms with Crippen molar-refractivity contribution in [3.05, 3.63) is 35.4 Å². The molecule has 2 heteroatoms. The molecule has 1 aromatic carbocycles. The van der Waals surface area contributed by atoms with Gasteiger partial charge in [-0.25, -0.2) is 0 Å². The van der Waals surface area contributed by atoms with Crippen molar-refractivity contribution in [2.24, 2.45) is 11.8 Å². The highest BCUT2D eigenvalue weighted by Crippen LogP contribution is 2.40. The second kappa shape index (κ2) is 5.02. The molecule has 0 saturated heterocycles. The predicted octanol–water partition coefficient (Wildman–Crippen LogP) is 3.10. The quantitative estimate of drug-likeness (QED) is 0.869. The lowest BCUT2D eigenvalue weighted by atomic mass is 9.86. The van der Waals surface area contributed by atoms with E-state index in [1.54, 1.807) is 0 Å². The number of rotatable bonds is 2. The van der Waals surface area contributed by atoms with Crippen LogP contribution in [0.25, 0.3) is 0 Å². The fourth-order valence-corrected chi connectivity index (χ4v) is 3.50. The van der Waals surface area contributed by atoms with Gasteiger partial charge in [0.15, 0.2) is 0 Å². The summed E-state index contributed by atoms with van der Waals surface area (Å²) in [7, 11) is 0. The molecule has 0 radical (unpaired) electrons. The highest BCUT2D eigenvalue weighted by molar-refractivity contribution is 5.30. The molecule has 2 nitrogen and oxygen atoms in total. The van der Waals surface area contributed by atoms with Gasteiger partial charge < -0.3 is 9.84 Å². The van der Waals surface area contributed by atoms with Crippen LogP contribution in [0, 0.1) is 11.8 Å². The standard InChI is InChI=1S/C16H22O2/c1-11-13(6-7-15(11)17)10-16-14-5-3-2-4-12(14)8-9-18-16/h2-5,11,13,15-17H,6-10H2,1H3. The fourth-order valence-electron chi connectivity index (χ4n) is 3.50. The molecule has 1 aliphatic carbocycles. The first-order valence-electron chi connectivity index (χ1n) is 7.13. The first kappa shape index (κ1) is 12.2. The molecule has 1 saturated carbocycles. The number of aliphatic hydroxyl groups is 1. The van der Waals surface area contributed by atoms with E-state index in [1.807, 2.05) is 0 Å². The molecule has 3 rings (SSSR count). The topological polar surface area (TPSA) is 29.5 Å². The minimum atomic E-state index is -0.103. The van der Waals surface area contributed by atoms with Gasteiger partial charge in [0.05, 0.1) is 18.8 Å². The molecule has 0 bridgehead atoms. The summed E-state index contributed by atoms with van der Waals surface area (Å²) in [4.78, 5) is 0. The zero-order chi connectivity index (χ0) is 12.5. The lowest BCUT2D eigenvalue weighted by Crippen LogP contribution is -2.22. The molecule has 1 aromatic rings. The van der Waals surface area contributed by atoms with Crippen LogP contribution < -0.4 is 0 Å². The summed E-state index contributed by atoms with van der Waals surface area (Å²) >= 11 is 0. The number of benzene rings is 1. The Morgan fingerprint density at radius 1 is 1.28 bits per heavy atom. The van der Waals surface area contributed by atoms with Gasteiger partial charge in [0.2, 0.25) is 0 Å². The van der Waals surface area contributed by atoms with Gasteiger partial charge in [0, 0.05) is 0 Å². The van der Waals surface area contributed by atoms with E-state index in [4.69, 9.17) is 4.74 Å². The molecule has 0 aromatic heterocycles. The van der Waals surface area contributed by atoms with Crippen LogP contribution in [-0.4, -0.2) is 17.8 Å². The number of aliphatic hydroxyl groups excluding tert-OH is 1. The van der Waals surface area contributed by atoms with Crippen molar-refractivity contribution in [1.82, 2.24) is 0 Å². The molecule has 4 unspecified atom stereocenters. The third-order valence-corrected chi connectivity index (χ3v) is 4.79. The van der Waals surface area contributed by atoms with Crippen LogP contribution in [0.4, 0.5) is 0 Å².